The summed E-state index contributed by atoms with van der Waals surface area (Å²) < 4.78 is 16.4. The minimum absolute atomic E-state index is 1.06. The molecule has 188 valence electrons. The molecule has 0 aliphatic heterocycles. The molecule has 0 heterocycles. The van der Waals surface area contributed by atoms with Crippen LogP contribution < -0.4 is 15.9 Å². The van der Waals surface area contributed by atoms with Gasteiger partial charge in [0.05, 0.1) is 0 Å². The maximum absolute atomic E-state index is 16.4. The third kappa shape index (κ3) is 3.69. The Kier molecular flexibility index (Phi) is 7.13. The Morgan fingerprint density at radius 3 is 0.514 bits per heavy atom. The molecule has 0 bridgehead atoms. The normalized spacial score (nSPS) is 12.0. The van der Waals surface area contributed by atoms with E-state index in [1.165, 1.54) is 83.5 Å². The van der Waals surface area contributed by atoms with E-state index in [4.69, 9.17) is 0 Å². The van der Waals surface area contributed by atoms with Crippen LogP contribution in [0.3, 0.4) is 0 Å². The quantitative estimate of drug-likeness (QED) is 0.342. The van der Waals surface area contributed by atoms with Crippen LogP contribution in [0.5, 0.6) is 0 Å². The van der Waals surface area contributed by atoms with Gasteiger partial charge in [-0.1, -0.05) is 0 Å². The average molecular weight is 489 g/mol. The Bertz CT molecular complexity index is 1190. The van der Waals surface area contributed by atoms with E-state index in [0.717, 1.165) is 15.9 Å². The molecule has 3 aromatic carbocycles. The molecule has 2 heteroatoms. The first kappa shape index (κ1) is 27.5. The zero-order valence-corrected chi connectivity index (χ0v) is 25.7. The van der Waals surface area contributed by atoms with Crippen LogP contribution in [0.25, 0.3) is 0 Å². The molecule has 0 atom stereocenters. The van der Waals surface area contributed by atoms with Crippen LogP contribution >= 0.6 is 7.14 Å². The first-order valence-corrected chi connectivity index (χ1v) is 14.6. The minimum Gasteiger partial charge on any atom is -0.309 e. The van der Waals surface area contributed by atoms with Crippen LogP contribution in [0.15, 0.2) is 0 Å². The van der Waals surface area contributed by atoms with Crippen molar-refractivity contribution in [3.63, 3.8) is 0 Å². The smallest absolute Gasteiger partial charge is 0.172 e. The van der Waals surface area contributed by atoms with Crippen molar-refractivity contribution in [3.05, 3.63) is 83.5 Å². The predicted molar refractivity (Wildman–Crippen MR) is 157 cm³/mol. The van der Waals surface area contributed by atoms with Crippen molar-refractivity contribution < 1.29 is 4.57 Å². The fourth-order valence-corrected chi connectivity index (χ4v) is 10.7. The molecule has 0 aromatic heterocycles. The van der Waals surface area contributed by atoms with Crippen LogP contribution in [0, 0.1) is 104 Å². The molecule has 0 saturated carbocycles. The van der Waals surface area contributed by atoms with E-state index in [0.29, 0.717) is 0 Å². The second kappa shape index (κ2) is 9.08. The number of hydrogen-bond acceptors (Lipinski definition) is 1. The topological polar surface area (TPSA) is 17.1 Å². The van der Waals surface area contributed by atoms with E-state index in [1.807, 2.05) is 0 Å². The molecule has 0 unspecified atom stereocenters. The molecule has 3 rings (SSSR count). The number of hydrogen-bond donors (Lipinski definition) is 0. The van der Waals surface area contributed by atoms with Gasteiger partial charge < -0.3 is 4.57 Å². The summed E-state index contributed by atoms with van der Waals surface area (Å²) in [5, 5.41) is 3.17. The highest BCUT2D eigenvalue weighted by Crippen LogP contribution is 2.51. The predicted octanol–water partition coefficient (Wildman–Crippen LogP) is 7.95. The summed E-state index contributed by atoms with van der Waals surface area (Å²) in [5.74, 6) is 0. The van der Waals surface area contributed by atoms with Gasteiger partial charge in [-0.25, -0.2) is 0 Å². The summed E-state index contributed by atoms with van der Waals surface area (Å²) in [7, 11) is -3.22. The van der Waals surface area contributed by atoms with Crippen molar-refractivity contribution in [3.8, 4) is 0 Å². The van der Waals surface area contributed by atoms with Gasteiger partial charge in [0.15, 0.2) is 7.14 Å². The van der Waals surface area contributed by atoms with Gasteiger partial charge >= 0.3 is 0 Å². The van der Waals surface area contributed by atoms with Gasteiger partial charge in [-0.05, 0) is 187 Å². The van der Waals surface area contributed by atoms with E-state index in [9.17, 15) is 0 Å². The van der Waals surface area contributed by atoms with Crippen LogP contribution in [0.1, 0.15) is 83.5 Å². The molecular weight excluding hydrogens is 443 g/mol. The summed E-state index contributed by atoms with van der Waals surface area (Å²) in [4.78, 5) is 0. The maximum Gasteiger partial charge on any atom is 0.172 e. The summed E-state index contributed by atoms with van der Waals surface area (Å²) in [6, 6.07) is 0. The van der Waals surface area contributed by atoms with Crippen molar-refractivity contribution in [1.82, 2.24) is 0 Å². The summed E-state index contributed by atoms with van der Waals surface area (Å²) in [6.45, 7) is 32.9. The molecule has 0 aliphatic rings. The van der Waals surface area contributed by atoms with Crippen molar-refractivity contribution in [2.75, 3.05) is 0 Å². The zero-order chi connectivity index (χ0) is 26.9. The molecule has 0 radical (unpaired) electrons. The standard InChI is InChI=1S/C33H45OP/c1-16-19(4)25(10)31(26(11)20(16)5)35(34,32-27(12)21(6)17(2)22(7)28(32)13)33-29(14)23(8)18(3)24(9)30(33)15/h1-15H3. The van der Waals surface area contributed by atoms with E-state index in [2.05, 4.69) is 104 Å². The molecule has 3 aromatic rings. The molecule has 1 nitrogen and oxygen atoms in total. The monoisotopic (exact) mass is 488 g/mol. The molecule has 0 N–H and O–H groups in total. The van der Waals surface area contributed by atoms with Gasteiger partial charge in [0, 0.05) is 15.9 Å². The third-order valence-electron chi connectivity index (χ3n) is 9.83. The van der Waals surface area contributed by atoms with Crippen molar-refractivity contribution in [1.29, 1.82) is 0 Å². The number of benzene rings is 3. The van der Waals surface area contributed by atoms with Crippen molar-refractivity contribution in [2.24, 2.45) is 0 Å². The van der Waals surface area contributed by atoms with Gasteiger partial charge in [0.2, 0.25) is 0 Å². The molecule has 0 saturated heterocycles. The molecule has 0 fully saturated rings. The number of rotatable bonds is 3. The highest BCUT2D eigenvalue weighted by molar-refractivity contribution is 7.85. The lowest BCUT2D eigenvalue weighted by molar-refractivity contribution is 0.592. The molecule has 35 heavy (non-hydrogen) atoms. The second-order valence-electron chi connectivity index (χ2n) is 11.0. The van der Waals surface area contributed by atoms with Crippen LogP contribution in [-0.2, 0) is 4.57 Å². The largest absolute Gasteiger partial charge is 0.309 e. The van der Waals surface area contributed by atoms with E-state index < -0.39 is 7.14 Å². The van der Waals surface area contributed by atoms with Crippen LogP contribution in [0.4, 0.5) is 0 Å². The molecule has 0 spiro atoms. The first-order valence-electron chi connectivity index (χ1n) is 12.9. The lowest BCUT2D eigenvalue weighted by Crippen LogP contribution is -2.36. The Labute approximate surface area is 214 Å². The first-order chi connectivity index (χ1) is 16.0. The SMILES string of the molecule is Cc1c(C)c(C)c(P(=O)(c2c(C)c(C)c(C)c(C)c2C)c2c(C)c(C)c(C)c(C)c2C)c(C)c1C. The van der Waals surface area contributed by atoms with Crippen molar-refractivity contribution in [2.45, 2.75) is 104 Å². The molecular formula is C33H45OP. The summed E-state index contributed by atoms with van der Waals surface area (Å²) in [5.41, 5.74) is 18.6. The van der Waals surface area contributed by atoms with Gasteiger partial charge in [-0.2, -0.15) is 0 Å². The fourth-order valence-electron chi connectivity index (χ4n) is 6.19. The second-order valence-corrected chi connectivity index (χ2v) is 13.6. The Hall–Kier alpha value is -2.11. The minimum atomic E-state index is -3.22. The van der Waals surface area contributed by atoms with Crippen LogP contribution in [-0.4, -0.2) is 0 Å². The summed E-state index contributed by atoms with van der Waals surface area (Å²) in [6.07, 6.45) is 0. The van der Waals surface area contributed by atoms with Gasteiger partial charge in [0.1, 0.15) is 0 Å². The maximum atomic E-state index is 16.4. The molecule has 0 aliphatic carbocycles. The average Bonchev–Trinajstić information content (AvgIpc) is 2.81. The van der Waals surface area contributed by atoms with Gasteiger partial charge in [0.25, 0.3) is 0 Å². The Balaban J connectivity index is 2.80. The third-order valence-corrected chi connectivity index (χ3v) is 13.7. The highest BCUT2D eigenvalue weighted by Gasteiger charge is 2.40. The highest BCUT2D eigenvalue weighted by atomic mass is 31.2. The van der Waals surface area contributed by atoms with E-state index in [1.54, 1.807) is 0 Å². The van der Waals surface area contributed by atoms with Gasteiger partial charge in [-0.15, -0.1) is 0 Å². The van der Waals surface area contributed by atoms with E-state index in [-0.39, 0.29) is 0 Å². The van der Waals surface area contributed by atoms with Crippen LogP contribution in [0.2, 0.25) is 0 Å². The Morgan fingerprint density at radius 1 is 0.257 bits per heavy atom. The summed E-state index contributed by atoms with van der Waals surface area (Å²) >= 11 is 0. The van der Waals surface area contributed by atoms with E-state index >= 15 is 4.57 Å². The zero-order valence-electron chi connectivity index (χ0n) is 24.9. The lowest BCUT2D eigenvalue weighted by Gasteiger charge is -2.34. The molecule has 0 amide bonds. The lowest BCUT2D eigenvalue weighted by atomic mass is 9.94. The fraction of sp³-hybridized carbons (Fsp3) is 0.455. The van der Waals surface area contributed by atoms with Gasteiger partial charge in [-0.3, -0.25) is 0 Å². The van der Waals surface area contributed by atoms with Crippen molar-refractivity contribution >= 4 is 23.1 Å². The Morgan fingerprint density at radius 2 is 0.371 bits per heavy atom.